The summed E-state index contributed by atoms with van der Waals surface area (Å²) in [5.41, 5.74) is 5.33. The lowest BCUT2D eigenvalue weighted by Crippen LogP contribution is -2.30. The van der Waals surface area contributed by atoms with Crippen molar-refractivity contribution in [3.8, 4) is 5.75 Å². The van der Waals surface area contributed by atoms with E-state index in [1.807, 2.05) is 0 Å². The zero-order valence-electron chi connectivity index (χ0n) is 12.2. The van der Waals surface area contributed by atoms with Crippen LogP contribution >= 0.6 is 0 Å². The van der Waals surface area contributed by atoms with Crippen molar-refractivity contribution < 1.29 is 17.9 Å². The van der Waals surface area contributed by atoms with Crippen molar-refractivity contribution in [2.24, 2.45) is 11.7 Å². The third-order valence-corrected chi connectivity index (χ3v) is 4.25. The van der Waals surface area contributed by atoms with E-state index in [0.717, 1.165) is 37.8 Å². The summed E-state index contributed by atoms with van der Waals surface area (Å²) in [5, 5.41) is 0. The molecule has 0 aliphatic heterocycles. The number of ether oxygens (including phenoxy) is 1. The first kappa shape index (κ1) is 16.1. The van der Waals surface area contributed by atoms with Crippen molar-refractivity contribution >= 4 is 0 Å². The Kier molecular flexibility index (Phi) is 5.14. The summed E-state index contributed by atoms with van der Waals surface area (Å²) >= 11 is 0. The quantitative estimate of drug-likeness (QED) is 0.888. The minimum Gasteiger partial charge on any atom is -0.490 e. The first-order valence-corrected chi connectivity index (χ1v) is 7.52. The van der Waals surface area contributed by atoms with Gasteiger partial charge in [-0.3, -0.25) is 0 Å². The van der Waals surface area contributed by atoms with E-state index < -0.39 is 11.7 Å². The summed E-state index contributed by atoms with van der Waals surface area (Å²) in [7, 11) is 0. The Morgan fingerprint density at radius 1 is 1.24 bits per heavy atom. The molecule has 0 spiro atoms. The lowest BCUT2D eigenvalue weighted by molar-refractivity contribution is -0.137. The summed E-state index contributed by atoms with van der Waals surface area (Å²) in [6.45, 7) is 2.17. The molecule has 2 atom stereocenters. The Bertz CT molecular complexity index is 473. The molecule has 1 aliphatic carbocycles. The van der Waals surface area contributed by atoms with Gasteiger partial charge < -0.3 is 10.5 Å². The van der Waals surface area contributed by atoms with Gasteiger partial charge in [0.05, 0.1) is 5.56 Å². The third kappa shape index (κ3) is 3.90. The van der Waals surface area contributed by atoms with E-state index in [4.69, 9.17) is 10.5 Å². The molecule has 2 nitrogen and oxygen atoms in total. The van der Waals surface area contributed by atoms with Gasteiger partial charge in [-0.05, 0) is 49.8 Å². The number of alkyl halides is 3. The average molecular weight is 301 g/mol. The smallest absolute Gasteiger partial charge is 0.416 e. The molecule has 21 heavy (non-hydrogen) atoms. The number of hydrogen-bond acceptors (Lipinski definition) is 2. The van der Waals surface area contributed by atoms with E-state index in [0.29, 0.717) is 17.2 Å². The summed E-state index contributed by atoms with van der Waals surface area (Å²) < 4.78 is 44.2. The minimum atomic E-state index is -4.35. The second-order valence-electron chi connectivity index (χ2n) is 5.63. The van der Waals surface area contributed by atoms with Crippen LogP contribution in [-0.2, 0) is 12.7 Å². The number of benzene rings is 1. The zero-order chi connectivity index (χ0) is 15.5. The SMILES string of the molecule is CCC1CCCCC1Oc1ccc(C(F)(F)F)cc1CN. The van der Waals surface area contributed by atoms with Crippen LogP contribution < -0.4 is 10.5 Å². The number of halogens is 3. The molecule has 0 amide bonds. The molecule has 0 aromatic heterocycles. The lowest BCUT2D eigenvalue weighted by atomic mass is 9.84. The van der Waals surface area contributed by atoms with Gasteiger partial charge in [-0.2, -0.15) is 13.2 Å². The summed E-state index contributed by atoms with van der Waals surface area (Å²) in [5.74, 6) is 0.975. The predicted octanol–water partition coefficient (Wildman–Crippen LogP) is 4.51. The predicted molar refractivity (Wildman–Crippen MR) is 76.0 cm³/mol. The first-order chi connectivity index (χ1) is 9.95. The molecule has 1 fully saturated rings. The minimum absolute atomic E-state index is 0.0444. The Hall–Kier alpha value is -1.23. The van der Waals surface area contributed by atoms with Crippen LogP contribution in [0.5, 0.6) is 5.75 Å². The highest BCUT2D eigenvalue weighted by molar-refractivity contribution is 5.38. The Morgan fingerprint density at radius 2 is 1.95 bits per heavy atom. The second kappa shape index (κ2) is 6.69. The molecule has 1 aromatic carbocycles. The monoisotopic (exact) mass is 301 g/mol. The van der Waals surface area contributed by atoms with Crippen LogP contribution in [0.15, 0.2) is 18.2 Å². The van der Waals surface area contributed by atoms with Gasteiger partial charge in [-0.25, -0.2) is 0 Å². The van der Waals surface area contributed by atoms with Gasteiger partial charge >= 0.3 is 6.18 Å². The van der Waals surface area contributed by atoms with E-state index in [9.17, 15) is 13.2 Å². The van der Waals surface area contributed by atoms with E-state index in [2.05, 4.69) is 6.92 Å². The number of nitrogens with two attached hydrogens (primary N) is 1. The molecule has 2 unspecified atom stereocenters. The summed E-state index contributed by atoms with van der Waals surface area (Å²) in [6.07, 6.45) is 1.17. The molecular formula is C16H22F3NO. The highest BCUT2D eigenvalue weighted by Gasteiger charge is 2.32. The molecule has 1 aromatic rings. The molecule has 118 valence electrons. The van der Waals surface area contributed by atoms with E-state index in [1.165, 1.54) is 12.5 Å². The summed E-state index contributed by atoms with van der Waals surface area (Å²) in [6, 6.07) is 3.57. The molecule has 0 radical (unpaired) electrons. The van der Waals surface area contributed by atoms with E-state index >= 15 is 0 Å². The zero-order valence-corrected chi connectivity index (χ0v) is 12.2. The van der Waals surface area contributed by atoms with Crippen molar-refractivity contribution in [3.63, 3.8) is 0 Å². The Morgan fingerprint density at radius 3 is 2.57 bits per heavy atom. The number of rotatable bonds is 4. The fourth-order valence-corrected chi connectivity index (χ4v) is 2.99. The molecule has 0 heterocycles. The van der Waals surface area contributed by atoms with E-state index in [-0.39, 0.29) is 12.6 Å². The van der Waals surface area contributed by atoms with Crippen molar-refractivity contribution in [2.45, 2.75) is 57.9 Å². The first-order valence-electron chi connectivity index (χ1n) is 7.52. The fraction of sp³-hybridized carbons (Fsp3) is 0.625. The van der Waals surface area contributed by atoms with E-state index in [1.54, 1.807) is 0 Å². The second-order valence-corrected chi connectivity index (χ2v) is 5.63. The van der Waals surface area contributed by atoms with Crippen molar-refractivity contribution in [2.75, 3.05) is 0 Å². The van der Waals surface area contributed by atoms with Crippen LogP contribution in [0.3, 0.4) is 0 Å². The van der Waals surface area contributed by atoms with Crippen LogP contribution in [0.1, 0.15) is 50.2 Å². The lowest BCUT2D eigenvalue weighted by Gasteiger charge is -2.32. The largest absolute Gasteiger partial charge is 0.490 e. The molecule has 5 heteroatoms. The molecular weight excluding hydrogens is 279 g/mol. The maximum atomic E-state index is 12.7. The summed E-state index contributed by atoms with van der Waals surface area (Å²) in [4.78, 5) is 0. The average Bonchev–Trinajstić information content (AvgIpc) is 2.47. The van der Waals surface area contributed by atoms with Crippen LogP contribution in [0, 0.1) is 5.92 Å². The Balaban J connectivity index is 2.19. The number of hydrogen-bond donors (Lipinski definition) is 1. The Labute approximate surface area is 123 Å². The maximum absolute atomic E-state index is 12.7. The third-order valence-electron chi connectivity index (χ3n) is 4.25. The molecule has 1 aliphatic rings. The maximum Gasteiger partial charge on any atom is 0.416 e. The fourth-order valence-electron chi connectivity index (χ4n) is 2.99. The van der Waals surface area contributed by atoms with Crippen LogP contribution in [0.25, 0.3) is 0 Å². The van der Waals surface area contributed by atoms with Gasteiger partial charge in [-0.15, -0.1) is 0 Å². The normalized spacial score (nSPS) is 23.1. The molecule has 0 saturated heterocycles. The molecule has 0 bridgehead atoms. The molecule has 2 rings (SSSR count). The molecule has 2 N–H and O–H groups in total. The van der Waals surface area contributed by atoms with Gasteiger partial charge in [-0.1, -0.05) is 13.3 Å². The topological polar surface area (TPSA) is 35.2 Å². The highest BCUT2D eigenvalue weighted by atomic mass is 19.4. The van der Waals surface area contributed by atoms with Gasteiger partial charge in [0, 0.05) is 12.1 Å². The van der Waals surface area contributed by atoms with Gasteiger partial charge in [0.15, 0.2) is 0 Å². The standard InChI is InChI=1S/C16H22F3NO/c1-2-11-5-3-4-6-14(11)21-15-8-7-13(16(17,18)19)9-12(15)10-20/h7-9,11,14H,2-6,10,20H2,1H3. The van der Waals surface area contributed by atoms with Gasteiger partial charge in [0.2, 0.25) is 0 Å². The van der Waals surface area contributed by atoms with Crippen molar-refractivity contribution in [3.05, 3.63) is 29.3 Å². The van der Waals surface area contributed by atoms with Crippen molar-refractivity contribution in [1.82, 2.24) is 0 Å². The molecule has 1 saturated carbocycles. The van der Waals surface area contributed by atoms with Gasteiger partial charge in [0.25, 0.3) is 0 Å². The van der Waals surface area contributed by atoms with Crippen LogP contribution in [0.2, 0.25) is 0 Å². The van der Waals surface area contributed by atoms with Crippen molar-refractivity contribution in [1.29, 1.82) is 0 Å². The highest BCUT2D eigenvalue weighted by Crippen LogP contribution is 2.35. The van der Waals surface area contributed by atoms with Crippen LogP contribution in [0.4, 0.5) is 13.2 Å². The van der Waals surface area contributed by atoms with Crippen LogP contribution in [-0.4, -0.2) is 6.10 Å². The van der Waals surface area contributed by atoms with Gasteiger partial charge in [0.1, 0.15) is 11.9 Å².